The molecule has 1 N–H and O–H groups in total. The Balaban J connectivity index is 2.07. The molecule has 7 heteroatoms. The quantitative estimate of drug-likeness (QED) is 0.355. The number of halogens is 4. The summed E-state index contributed by atoms with van der Waals surface area (Å²) in [5, 5.41) is 4.47. The predicted octanol–water partition coefficient (Wildman–Crippen LogP) is 9.16. The van der Waals surface area contributed by atoms with E-state index in [0.717, 1.165) is 11.1 Å². The first-order chi connectivity index (χ1) is 13.9. The van der Waals surface area contributed by atoms with Gasteiger partial charge >= 0.3 is 0 Å². The van der Waals surface area contributed by atoms with Gasteiger partial charge in [0.15, 0.2) is 0 Å². The van der Waals surface area contributed by atoms with Gasteiger partial charge in [0.05, 0.1) is 20.8 Å². The molecule has 2 nitrogen and oxygen atoms in total. The third-order valence-corrected chi connectivity index (χ3v) is 7.33. The highest BCUT2D eigenvalue weighted by molar-refractivity contribution is 7.72. The second-order valence-electron chi connectivity index (χ2n) is 6.13. The minimum Gasteiger partial charge on any atom is -0.329 e. The molecular formula is C22H16Cl4NOP. The molecule has 0 saturated heterocycles. The molecule has 3 aromatic rings. The highest BCUT2D eigenvalue weighted by Gasteiger charge is 2.21. The monoisotopic (exact) mass is 481 g/mol. The van der Waals surface area contributed by atoms with E-state index >= 15 is 0 Å². The zero-order valence-electron chi connectivity index (χ0n) is 15.0. The Hall–Kier alpha value is -1.67. The molecule has 0 amide bonds. The molecule has 0 aliphatic carbocycles. The van der Waals surface area contributed by atoms with E-state index in [1.165, 1.54) is 11.6 Å². The van der Waals surface area contributed by atoms with Gasteiger partial charge in [0.1, 0.15) is 0 Å². The molecule has 0 atom stereocenters. The van der Waals surface area contributed by atoms with Crippen LogP contribution in [0.2, 0.25) is 10.0 Å². The average Bonchev–Trinajstić information content (AvgIpc) is 2.72. The molecule has 148 valence electrons. The molecule has 0 spiro atoms. The van der Waals surface area contributed by atoms with Gasteiger partial charge in [-0.15, -0.1) is 0 Å². The van der Waals surface area contributed by atoms with Crippen molar-refractivity contribution in [1.29, 1.82) is 0 Å². The molecule has 29 heavy (non-hydrogen) atoms. The summed E-state index contributed by atoms with van der Waals surface area (Å²) in [6.07, 6.45) is 0. The number of anilines is 1. The van der Waals surface area contributed by atoms with Crippen molar-refractivity contribution in [3.05, 3.63) is 112 Å². The third kappa shape index (κ3) is 6.15. The van der Waals surface area contributed by atoms with Gasteiger partial charge in [-0.25, -0.2) is 0 Å². The Morgan fingerprint density at radius 3 is 1.72 bits per heavy atom. The van der Waals surface area contributed by atoms with E-state index in [1.54, 1.807) is 18.2 Å². The van der Waals surface area contributed by atoms with Gasteiger partial charge in [0, 0.05) is 16.7 Å². The van der Waals surface area contributed by atoms with Crippen LogP contribution in [-0.4, -0.2) is 0 Å². The van der Waals surface area contributed by atoms with E-state index in [2.05, 4.69) is 5.09 Å². The maximum Gasteiger partial charge on any atom is 0.216 e. The normalized spacial score (nSPS) is 12.7. The van der Waals surface area contributed by atoms with Gasteiger partial charge in [0.25, 0.3) is 0 Å². The summed E-state index contributed by atoms with van der Waals surface area (Å²) in [5.41, 5.74) is 1.89. The minimum atomic E-state index is -3.41. The Kier molecular flexibility index (Phi) is 7.51. The van der Waals surface area contributed by atoms with E-state index in [0.29, 0.717) is 25.8 Å². The fraction of sp³-hybridized carbons (Fsp3) is 0. The van der Waals surface area contributed by atoms with Crippen LogP contribution in [0.25, 0.3) is 10.1 Å². The lowest BCUT2D eigenvalue weighted by molar-refractivity contribution is 0.589. The lowest BCUT2D eigenvalue weighted by Gasteiger charge is -2.17. The summed E-state index contributed by atoms with van der Waals surface area (Å²) in [7, 11) is -3.41. The minimum absolute atomic E-state index is 0.327. The van der Waals surface area contributed by atoms with Crippen LogP contribution < -0.4 is 5.09 Å². The second-order valence-corrected chi connectivity index (χ2v) is 9.95. The van der Waals surface area contributed by atoms with E-state index in [9.17, 15) is 4.57 Å². The number of hydrogen-bond acceptors (Lipinski definition) is 1. The second kappa shape index (κ2) is 9.89. The van der Waals surface area contributed by atoms with Crippen LogP contribution >= 0.6 is 53.7 Å². The van der Waals surface area contributed by atoms with Crippen molar-refractivity contribution in [3.8, 4) is 0 Å². The summed E-state index contributed by atoms with van der Waals surface area (Å²) < 4.78 is 13.9. The van der Waals surface area contributed by atoms with Crippen LogP contribution in [0.5, 0.6) is 0 Å². The topological polar surface area (TPSA) is 29.1 Å². The summed E-state index contributed by atoms with van der Waals surface area (Å²) >= 11 is 25.3. The van der Waals surface area contributed by atoms with Crippen molar-refractivity contribution in [3.63, 3.8) is 0 Å². The van der Waals surface area contributed by atoms with E-state index < -0.39 is 7.29 Å². The van der Waals surface area contributed by atoms with E-state index in [-0.39, 0.29) is 0 Å². The van der Waals surface area contributed by atoms with Crippen molar-refractivity contribution in [2.45, 2.75) is 0 Å². The maximum absolute atomic E-state index is 13.9. The SMILES string of the molecule is O=P(/C=C(\Cl)c1ccccc1)(/C=C(\Cl)c1ccccc1)Nc1cc(Cl)ccc1Cl. The van der Waals surface area contributed by atoms with Crippen molar-refractivity contribution in [2.75, 3.05) is 5.09 Å². The predicted molar refractivity (Wildman–Crippen MR) is 128 cm³/mol. The van der Waals surface area contributed by atoms with Crippen molar-refractivity contribution in [1.82, 2.24) is 0 Å². The molecule has 0 aliphatic heterocycles. The molecule has 0 heterocycles. The molecule has 0 saturated carbocycles. The van der Waals surface area contributed by atoms with Crippen LogP contribution in [0.4, 0.5) is 5.69 Å². The van der Waals surface area contributed by atoms with Crippen molar-refractivity contribution in [2.24, 2.45) is 0 Å². The lowest BCUT2D eigenvalue weighted by atomic mass is 10.2. The number of hydrogen-bond donors (Lipinski definition) is 1. The smallest absolute Gasteiger partial charge is 0.216 e. The van der Waals surface area contributed by atoms with Gasteiger partial charge in [-0.3, -0.25) is 4.57 Å². The maximum atomic E-state index is 13.9. The first-order valence-electron chi connectivity index (χ1n) is 8.57. The highest BCUT2D eigenvalue weighted by atomic mass is 35.5. The highest BCUT2D eigenvalue weighted by Crippen LogP contribution is 2.54. The number of rotatable bonds is 6. The van der Waals surface area contributed by atoms with Gasteiger partial charge in [-0.2, -0.15) is 0 Å². The first kappa shape index (κ1) is 22.0. The van der Waals surface area contributed by atoms with Crippen molar-refractivity contribution >= 4 is 69.4 Å². The van der Waals surface area contributed by atoms with Gasteiger partial charge in [0.2, 0.25) is 7.29 Å². The van der Waals surface area contributed by atoms with Crippen LogP contribution in [-0.2, 0) is 4.57 Å². The fourth-order valence-corrected chi connectivity index (χ4v) is 5.82. The molecule has 0 fully saturated rings. The van der Waals surface area contributed by atoms with Gasteiger partial charge < -0.3 is 5.09 Å². The standard InChI is InChI=1S/C22H16Cl4NOP/c23-18-11-12-19(24)22(13-18)27-29(28,14-20(25)16-7-3-1-4-8-16)15-21(26)17-9-5-2-6-10-17/h1-15H,(H,27,28)/b20-14-,21-15-. The fourth-order valence-electron chi connectivity index (χ4n) is 2.55. The van der Waals surface area contributed by atoms with Crippen molar-refractivity contribution < 1.29 is 4.57 Å². The summed E-state index contributed by atoms with van der Waals surface area (Å²) in [4.78, 5) is 0. The lowest BCUT2D eigenvalue weighted by Crippen LogP contribution is -1.95. The van der Waals surface area contributed by atoms with E-state index in [4.69, 9.17) is 46.4 Å². The van der Waals surface area contributed by atoms with Gasteiger partial charge in [-0.1, -0.05) is 107 Å². The Bertz CT molecular complexity index is 1040. The molecule has 0 aliphatic rings. The molecule has 3 aromatic carbocycles. The van der Waals surface area contributed by atoms with Crippen LogP contribution in [0.1, 0.15) is 11.1 Å². The van der Waals surface area contributed by atoms with E-state index in [1.807, 2.05) is 60.7 Å². The Morgan fingerprint density at radius 2 is 1.24 bits per heavy atom. The summed E-state index contributed by atoms with van der Waals surface area (Å²) in [5.74, 6) is 2.93. The zero-order chi connectivity index (χ0) is 20.9. The van der Waals surface area contributed by atoms with Crippen LogP contribution in [0, 0.1) is 0 Å². The Labute approximate surface area is 190 Å². The summed E-state index contributed by atoms with van der Waals surface area (Å²) in [6, 6.07) is 23.4. The molecule has 0 unspecified atom stereocenters. The number of nitrogens with one attached hydrogen (secondary N) is 1. The molecule has 0 bridgehead atoms. The molecule has 3 rings (SSSR count). The number of benzene rings is 3. The van der Waals surface area contributed by atoms with Crippen LogP contribution in [0.15, 0.2) is 90.5 Å². The molecule has 0 aromatic heterocycles. The first-order valence-corrected chi connectivity index (χ1v) is 11.9. The average molecular weight is 483 g/mol. The Morgan fingerprint density at radius 1 is 0.759 bits per heavy atom. The van der Waals surface area contributed by atoms with Gasteiger partial charge in [-0.05, 0) is 29.3 Å². The third-order valence-electron chi connectivity index (χ3n) is 3.93. The largest absolute Gasteiger partial charge is 0.329 e. The summed E-state index contributed by atoms with van der Waals surface area (Å²) in [6.45, 7) is 0. The van der Waals surface area contributed by atoms with Crippen LogP contribution in [0.3, 0.4) is 0 Å². The molecular weight excluding hydrogens is 467 g/mol. The molecule has 0 radical (unpaired) electrons. The zero-order valence-corrected chi connectivity index (χ0v) is 18.9.